The normalized spacial score (nSPS) is 32.2. The minimum absolute atomic E-state index is 0.0194. The number of likely N-dealkylation sites (tertiary alicyclic amines) is 1. The van der Waals surface area contributed by atoms with E-state index in [0.717, 1.165) is 12.0 Å². The lowest BCUT2D eigenvalue weighted by atomic mass is 9.70. The van der Waals surface area contributed by atoms with Gasteiger partial charge in [0, 0.05) is 31.1 Å². The average Bonchev–Trinajstić information content (AvgIpc) is 3.40. The molecule has 8 nitrogen and oxygen atoms in total. The van der Waals surface area contributed by atoms with Crippen LogP contribution in [0.3, 0.4) is 0 Å². The average molecular weight is 522 g/mol. The number of nitrogens with one attached hydrogen (secondary N) is 2. The molecule has 3 saturated heterocycles. The van der Waals surface area contributed by atoms with Crippen LogP contribution in [0.2, 0.25) is 0 Å². The van der Waals surface area contributed by atoms with Crippen molar-refractivity contribution in [3.05, 3.63) is 35.9 Å². The molecule has 0 saturated carbocycles. The number of fused-ring (bicyclic) bond motifs is 1. The van der Waals surface area contributed by atoms with Crippen molar-refractivity contribution in [3.63, 3.8) is 0 Å². The molecule has 3 unspecified atom stereocenters. The van der Waals surface area contributed by atoms with Crippen LogP contribution in [0.5, 0.6) is 0 Å². The van der Waals surface area contributed by atoms with Gasteiger partial charge in [0.2, 0.25) is 17.7 Å². The Bertz CT molecular complexity index is 884. The van der Waals surface area contributed by atoms with Crippen LogP contribution in [0.4, 0.5) is 0 Å². The molecule has 3 amide bonds. The Morgan fingerprint density at radius 1 is 1.21 bits per heavy atom. The quantitative estimate of drug-likeness (QED) is 0.318. The van der Waals surface area contributed by atoms with E-state index in [1.54, 1.807) is 4.90 Å². The summed E-state index contributed by atoms with van der Waals surface area (Å²) in [7, 11) is 0. The van der Waals surface area contributed by atoms with E-state index in [1.165, 1.54) is 0 Å². The van der Waals surface area contributed by atoms with Crippen LogP contribution in [0, 0.1) is 11.8 Å². The van der Waals surface area contributed by atoms with Gasteiger partial charge in [-0.15, -0.1) is 0 Å². The minimum atomic E-state index is -1.04. The fourth-order valence-electron chi connectivity index (χ4n) is 5.61. The minimum Gasteiger partial charge on any atom is -0.396 e. The first kappa shape index (κ1) is 24.2. The standard InChI is InChI=1S/C24H32BrN3O5/c1-2-10-26-21(30)17-18-23(32)28(11-6-7-12-29)20(24(18)13-16(25)19(17)33-24)22(31)27-14-15-8-4-3-5-9-15/h3-5,8-9,16-20,29H,2,6-7,10-14H2,1H3,(H,26,30)(H,27,31)/t16?,17-,18+,19-,20?,24?/m1/s1. The van der Waals surface area contributed by atoms with Crippen LogP contribution >= 0.6 is 15.9 Å². The van der Waals surface area contributed by atoms with E-state index in [9.17, 15) is 19.5 Å². The van der Waals surface area contributed by atoms with E-state index in [4.69, 9.17) is 4.74 Å². The number of unbranched alkanes of at least 4 members (excludes halogenated alkanes) is 1. The van der Waals surface area contributed by atoms with Crippen LogP contribution < -0.4 is 10.6 Å². The highest BCUT2D eigenvalue weighted by Gasteiger charge is 2.76. The molecule has 1 aromatic rings. The molecule has 4 rings (SSSR count). The highest BCUT2D eigenvalue weighted by Crippen LogP contribution is 2.59. The van der Waals surface area contributed by atoms with Crippen molar-refractivity contribution < 1.29 is 24.2 Å². The van der Waals surface area contributed by atoms with Crippen molar-refractivity contribution in [1.82, 2.24) is 15.5 Å². The molecule has 3 aliphatic rings. The molecule has 180 valence electrons. The molecule has 0 radical (unpaired) electrons. The van der Waals surface area contributed by atoms with Gasteiger partial charge in [0.25, 0.3) is 0 Å². The maximum absolute atomic E-state index is 13.7. The predicted molar refractivity (Wildman–Crippen MR) is 125 cm³/mol. The molecule has 3 fully saturated rings. The summed E-state index contributed by atoms with van der Waals surface area (Å²) >= 11 is 3.66. The lowest BCUT2D eigenvalue weighted by Crippen LogP contribution is -2.56. The number of halogens is 1. The van der Waals surface area contributed by atoms with Crippen molar-refractivity contribution in [2.24, 2.45) is 11.8 Å². The number of hydrogen-bond acceptors (Lipinski definition) is 5. The lowest BCUT2D eigenvalue weighted by Gasteiger charge is -2.34. The largest absolute Gasteiger partial charge is 0.396 e. The van der Waals surface area contributed by atoms with Gasteiger partial charge in [0.15, 0.2) is 0 Å². The van der Waals surface area contributed by atoms with Crippen LogP contribution in [0.15, 0.2) is 30.3 Å². The third kappa shape index (κ3) is 4.31. The highest BCUT2D eigenvalue weighted by atomic mass is 79.9. The summed E-state index contributed by atoms with van der Waals surface area (Å²) in [6.07, 6.45) is 1.95. The van der Waals surface area contributed by atoms with Gasteiger partial charge in [-0.2, -0.15) is 0 Å². The SMILES string of the molecule is CCCNC(=O)[C@H]1[C@@H]2OC3(CC2Br)C(C(=O)NCc2ccccc2)N(CCCCO)C(=O)[C@H]13. The smallest absolute Gasteiger partial charge is 0.246 e. The molecule has 3 heterocycles. The maximum atomic E-state index is 13.7. The number of benzene rings is 1. The number of rotatable bonds is 10. The summed E-state index contributed by atoms with van der Waals surface area (Å²) in [5.74, 6) is -1.98. The van der Waals surface area contributed by atoms with E-state index < -0.39 is 29.6 Å². The Balaban J connectivity index is 1.62. The molecule has 0 aromatic heterocycles. The van der Waals surface area contributed by atoms with Gasteiger partial charge in [0.1, 0.15) is 11.6 Å². The predicted octanol–water partition coefficient (Wildman–Crippen LogP) is 1.35. The van der Waals surface area contributed by atoms with E-state index in [-0.39, 0.29) is 29.2 Å². The second-order valence-electron chi connectivity index (χ2n) is 9.12. The lowest BCUT2D eigenvalue weighted by molar-refractivity contribution is -0.142. The zero-order valence-electron chi connectivity index (χ0n) is 18.8. The summed E-state index contributed by atoms with van der Waals surface area (Å²) in [4.78, 5) is 41.7. The van der Waals surface area contributed by atoms with Gasteiger partial charge in [-0.05, 0) is 31.2 Å². The number of carbonyl (C=O) groups excluding carboxylic acids is 3. The van der Waals surface area contributed by atoms with Crippen molar-refractivity contribution in [3.8, 4) is 0 Å². The summed E-state index contributed by atoms with van der Waals surface area (Å²) < 4.78 is 6.42. The summed E-state index contributed by atoms with van der Waals surface area (Å²) in [5.41, 5.74) is -0.0766. The van der Waals surface area contributed by atoms with E-state index in [0.29, 0.717) is 38.9 Å². The Morgan fingerprint density at radius 2 is 1.97 bits per heavy atom. The molecular weight excluding hydrogens is 490 g/mol. The fourth-order valence-corrected chi connectivity index (χ4v) is 6.55. The number of aliphatic hydroxyl groups is 1. The van der Waals surface area contributed by atoms with Gasteiger partial charge >= 0.3 is 0 Å². The van der Waals surface area contributed by atoms with Gasteiger partial charge < -0.3 is 25.4 Å². The number of ether oxygens (including phenoxy) is 1. The first-order valence-electron chi connectivity index (χ1n) is 11.8. The number of hydrogen-bond donors (Lipinski definition) is 3. The maximum Gasteiger partial charge on any atom is 0.246 e. The molecule has 3 aliphatic heterocycles. The molecule has 0 aliphatic carbocycles. The van der Waals surface area contributed by atoms with Crippen molar-refractivity contribution in [1.29, 1.82) is 0 Å². The van der Waals surface area contributed by atoms with Gasteiger partial charge in [-0.25, -0.2) is 0 Å². The molecule has 3 N–H and O–H groups in total. The molecular formula is C24H32BrN3O5. The van der Waals surface area contributed by atoms with Gasteiger partial charge in [-0.3, -0.25) is 14.4 Å². The van der Waals surface area contributed by atoms with Crippen LogP contribution in [-0.2, 0) is 25.7 Å². The van der Waals surface area contributed by atoms with Crippen LogP contribution in [0.1, 0.15) is 38.2 Å². The topological polar surface area (TPSA) is 108 Å². The highest BCUT2D eigenvalue weighted by molar-refractivity contribution is 9.09. The molecule has 1 spiro atoms. The zero-order chi connectivity index (χ0) is 23.6. The Kier molecular flexibility index (Phi) is 7.40. The zero-order valence-corrected chi connectivity index (χ0v) is 20.4. The molecule has 9 heteroatoms. The number of aliphatic hydroxyl groups excluding tert-OH is 1. The van der Waals surface area contributed by atoms with Gasteiger partial charge in [-0.1, -0.05) is 53.2 Å². The number of amides is 3. The second kappa shape index (κ2) is 10.1. The Labute approximate surface area is 202 Å². The van der Waals surface area contributed by atoms with E-state index >= 15 is 0 Å². The Morgan fingerprint density at radius 3 is 2.67 bits per heavy atom. The monoisotopic (exact) mass is 521 g/mol. The molecule has 6 atom stereocenters. The van der Waals surface area contributed by atoms with Crippen molar-refractivity contribution in [2.45, 2.75) is 61.7 Å². The summed E-state index contributed by atoms with van der Waals surface area (Å²) in [6.45, 7) is 3.21. The number of alkyl halides is 1. The summed E-state index contributed by atoms with van der Waals surface area (Å²) in [6, 6.07) is 8.78. The molecule has 1 aromatic carbocycles. The second-order valence-corrected chi connectivity index (χ2v) is 10.3. The fraction of sp³-hybridized carbons (Fsp3) is 0.625. The molecule has 33 heavy (non-hydrogen) atoms. The summed E-state index contributed by atoms with van der Waals surface area (Å²) in [5, 5.41) is 15.1. The number of carbonyl (C=O) groups is 3. The van der Waals surface area contributed by atoms with Crippen molar-refractivity contribution in [2.75, 3.05) is 19.7 Å². The first-order chi connectivity index (χ1) is 15.9. The van der Waals surface area contributed by atoms with E-state index in [1.807, 2.05) is 37.3 Å². The number of nitrogens with zero attached hydrogens (tertiary/aromatic N) is 1. The third-order valence-corrected chi connectivity index (χ3v) is 7.85. The third-order valence-electron chi connectivity index (χ3n) is 7.01. The van der Waals surface area contributed by atoms with Crippen molar-refractivity contribution >= 4 is 33.7 Å². The first-order valence-corrected chi connectivity index (χ1v) is 12.7. The molecule has 2 bridgehead atoms. The van der Waals surface area contributed by atoms with Crippen LogP contribution in [-0.4, -0.2) is 70.0 Å². The van der Waals surface area contributed by atoms with E-state index in [2.05, 4.69) is 26.6 Å². The van der Waals surface area contributed by atoms with Crippen LogP contribution in [0.25, 0.3) is 0 Å². The van der Waals surface area contributed by atoms with Gasteiger partial charge in [0.05, 0.1) is 17.9 Å². The Hall–Kier alpha value is -1.97.